The first kappa shape index (κ1) is 19.0. The van der Waals surface area contributed by atoms with Gasteiger partial charge >= 0.3 is 0 Å². The number of carbonyl (C=O) groups is 1. The second-order valence-corrected chi connectivity index (χ2v) is 8.10. The number of fused-ring (bicyclic) bond motifs is 3. The predicted molar refractivity (Wildman–Crippen MR) is 111 cm³/mol. The molecule has 28 heavy (non-hydrogen) atoms. The molecule has 1 amide bonds. The lowest BCUT2D eigenvalue weighted by molar-refractivity contribution is -0.131. The third kappa shape index (κ3) is 3.53. The summed E-state index contributed by atoms with van der Waals surface area (Å²) in [7, 11) is 1.97. The number of aromatic nitrogens is 4. The van der Waals surface area contributed by atoms with Crippen LogP contribution in [0, 0.1) is 0 Å². The average Bonchev–Trinajstić information content (AvgIpc) is 2.98. The van der Waals surface area contributed by atoms with Gasteiger partial charge in [0.1, 0.15) is 11.3 Å². The monoisotopic (exact) mass is 399 g/mol. The Labute approximate surface area is 168 Å². The van der Waals surface area contributed by atoms with E-state index in [1.807, 2.05) is 41.6 Å². The molecule has 4 rings (SSSR count). The number of hydrogen-bond acceptors (Lipinski definition) is 6. The number of nitrogens with zero attached hydrogens (tertiary/aromatic N) is 5. The molecule has 148 valence electrons. The smallest absolute Gasteiger partial charge is 0.233 e. The first-order valence-electron chi connectivity index (χ1n) is 9.76. The molecule has 7 nitrogen and oxygen atoms in total. The number of aryl methyl sites for hydroxylation is 1. The van der Waals surface area contributed by atoms with E-state index in [0.717, 1.165) is 47.2 Å². The summed E-state index contributed by atoms with van der Waals surface area (Å²) in [5.74, 6) is 1.30. The highest BCUT2D eigenvalue weighted by Gasteiger charge is 2.23. The van der Waals surface area contributed by atoms with E-state index in [4.69, 9.17) is 4.74 Å². The molecule has 0 aliphatic carbocycles. The maximum absolute atomic E-state index is 12.6. The van der Waals surface area contributed by atoms with Crippen molar-refractivity contribution in [3.8, 4) is 5.75 Å². The van der Waals surface area contributed by atoms with Crippen molar-refractivity contribution in [2.24, 2.45) is 7.05 Å². The lowest BCUT2D eigenvalue weighted by atomic mass is 10.0. The molecule has 3 aromatic rings. The minimum Gasteiger partial charge on any atom is -0.494 e. The Morgan fingerprint density at radius 3 is 2.96 bits per heavy atom. The molecule has 0 unspecified atom stereocenters. The first-order valence-corrected chi connectivity index (χ1v) is 10.7. The fourth-order valence-electron chi connectivity index (χ4n) is 3.82. The fourth-order valence-corrected chi connectivity index (χ4v) is 4.49. The standard InChI is InChI=1S/C20H25N5O2S/c1-4-27-14-8-9-16-15(11-14)18-19(24(16)3)21-20(23-22-18)28-12-17(26)25-10-6-5-7-13(25)2/h8-9,11,13H,4-7,10,12H2,1-3H3/t13-/m1/s1. The molecule has 2 aromatic heterocycles. The number of piperidine rings is 1. The molecular formula is C20H25N5O2S. The number of ether oxygens (including phenoxy) is 1. The summed E-state index contributed by atoms with van der Waals surface area (Å²) in [6, 6.07) is 6.26. The SMILES string of the molecule is CCOc1ccc2c(c1)c1nnc(SCC(=O)N3CCCC[C@H]3C)nc1n2C. The summed E-state index contributed by atoms with van der Waals surface area (Å²) >= 11 is 1.35. The minimum absolute atomic E-state index is 0.152. The number of rotatable bonds is 5. The zero-order valence-electron chi connectivity index (χ0n) is 16.5. The van der Waals surface area contributed by atoms with Gasteiger partial charge in [0, 0.05) is 25.0 Å². The Bertz CT molecular complexity index is 1020. The van der Waals surface area contributed by atoms with E-state index >= 15 is 0 Å². The minimum atomic E-state index is 0.152. The molecule has 0 N–H and O–H groups in total. The van der Waals surface area contributed by atoms with Crippen LogP contribution in [-0.2, 0) is 11.8 Å². The summed E-state index contributed by atoms with van der Waals surface area (Å²) < 4.78 is 7.61. The van der Waals surface area contributed by atoms with Crippen molar-refractivity contribution in [3.05, 3.63) is 18.2 Å². The van der Waals surface area contributed by atoms with Crippen molar-refractivity contribution < 1.29 is 9.53 Å². The maximum Gasteiger partial charge on any atom is 0.233 e. The van der Waals surface area contributed by atoms with Crippen LogP contribution in [0.1, 0.15) is 33.1 Å². The van der Waals surface area contributed by atoms with Crippen LogP contribution in [0.5, 0.6) is 5.75 Å². The summed E-state index contributed by atoms with van der Waals surface area (Å²) in [5.41, 5.74) is 2.54. The first-order chi connectivity index (χ1) is 13.6. The van der Waals surface area contributed by atoms with Gasteiger partial charge in [-0.25, -0.2) is 4.98 Å². The zero-order chi connectivity index (χ0) is 19.7. The third-order valence-electron chi connectivity index (χ3n) is 5.31. The van der Waals surface area contributed by atoms with Crippen molar-refractivity contribution in [2.45, 2.75) is 44.3 Å². The molecule has 0 radical (unpaired) electrons. The van der Waals surface area contributed by atoms with Crippen LogP contribution in [0.15, 0.2) is 23.4 Å². The molecule has 1 aliphatic heterocycles. The van der Waals surface area contributed by atoms with Crippen LogP contribution in [0.2, 0.25) is 0 Å². The summed E-state index contributed by atoms with van der Waals surface area (Å²) in [6.07, 6.45) is 3.37. The molecule has 1 fully saturated rings. The van der Waals surface area contributed by atoms with E-state index in [1.54, 1.807) is 0 Å². The van der Waals surface area contributed by atoms with Gasteiger partial charge in [-0.3, -0.25) is 4.79 Å². The van der Waals surface area contributed by atoms with Crippen LogP contribution < -0.4 is 4.74 Å². The van der Waals surface area contributed by atoms with Crippen molar-refractivity contribution >= 4 is 39.7 Å². The Balaban J connectivity index is 1.56. The van der Waals surface area contributed by atoms with E-state index < -0.39 is 0 Å². The lowest BCUT2D eigenvalue weighted by Gasteiger charge is -2.33. The summed E-state index contributed by atoms with van der Waals surface area (Å²) in [5, 5.41) is 10.2. The Morgan fingerprint density at radius 1 is 1.32 bits per heavy atom. The van der Waals surface area contributed by atoms with Gasteiger partial charge in [0.25, 0.3) is 0 Å². The molecule has 0 spiro atoms. The van der Waals surface area contributed by atoms with Gasteiger partial charge in [-0.2, -0.15) is 0 Å². The van der Waals surface area contributed by atoms with Gasteiger partial charge in [-0.1, -0.05) is 11.8 Å². The average molecular weight is 400 g/mol. The van der Waals surface area contributed by atoms with Gasteiger partial charge in [-0.15, -0.1) is 10.2 Å². The number of likely N-dealkylation sites (tertiary alicyclic amines) is 1. The third-order valence-corrected chi connectivity index (χ3v) is 6.13. The number of hydrogen-bond donors (Lipinski definition) is 0. The van der Waals surface area contributed by atoms with E-state index in [0.29, 0.717) is 23.6 Å². The van der Waals surface area contributed by atoms with Crippen molar-refractivity contribution in [3.63, 3.8) is 0 Å². The topological polar surface area (TPSA) is 73.1 Å². The Kier molecular flexibility index (Phi) is 5.39. The molecule has 1 aliphatic rings. The van der Waals surface area contributed by atoms with Crippen molar-refractivity contribution in [1.29, 1.82) is 0 Å². The highest BCUT2D eigenvalue weighted by atomic mass is 32.2. The Morgan fingerprint density at radius 2 is 2.18 bits per heavy atom. The predicted octanol–water partition coefficient (Wildman–Crippen LogP) is 3.41. The van der Waals surface area contributed by atoms with Crippen LogP contribution in [0.4, 0.5) is 0 Å². The summed E-state index contributed by atoms with van der Waals surface area (Å²) in [6.45, 7) is 5.55. The molecule has 3 heterocycles. The van der Waals surface area contributed by atoms with Gasteiger partial charge in [0.2, 0.25) is 11.1 Å². The normalized spacial score (nSPS) is 17.4. The van der Waals surface area contributed by atoms with Gasteiger partial charge in [-0.05, 0) is 51.3 Å². The number of thioether (sulfide) groups is 1. The quantitative estimate of drug-likeness (QED) is 0.612. The molecule has 0 saturated carbocycles. The van der Waals surface area contributed by atoms with E-state index in [9.17, 15) is 4.79 Å². The highest BCUT2D eigenvalue weighted by molar-refractivity contribution is 7.99. The van der Waals surface area contributed by atoms with Crippen LogP contribution in [0.25, 0.3) is 22.1 Å². The maximum atomic E-state index is 12.6. The second-order valence-electron chi connectivity index (χ2n) is 7.16. The molecule has 0 bridgehead atoms. The van der Waals surface area contributed by atoms with E-state index in [-0.39, 0.29) is 5.91 Å². The highest BCUT2D eigenvalue weighted by Crippen LogP contribution is 2.29. The number of benzene rings is 1. The lowest BCUT2D eigenvalue weighted by Crippen LogP contribution is -2.42. The number of amides is 1. The molecule has 8 heteroatoms. The van der Waals surface area contributed by atoms with Crippen molar-refractivity contribution in [1.82, 2.24) is 24.6 Å². The fraction of sp³-hybridized carbons (Fsp3) is 0.500. The summed E-state index contributed by atoms with van der Waals surface area (Å²) in [4.78, 5) is 19.2. The van der Waals surface area contributed by atoms with Crippen LogP contribution in [-0.4, -0.2) is 55.5 Å². The molecule has 1 atom stereocenters. The van der Waals surface area contributed by atoms with E-state index in [1.165, 1.54) is 18.2 Å². The van der Waals surface area contributed by atoms with Gasteiger partial charge in [0.15, 0.2) is 5.65 Å². The largest absolute Gasteiger partial charge is 0.494 e. The van der Waals surface area contributed by atoms with Crippen LogP contribution in [0.3, 0.4) is 0 Å². The molecule has 1 aromatic carbocycles. The van der Waals surface area contributed by atoms with Gasteiger partial charge < -0.3 is 14.2 Å². The van der Waals surface area contributed by atoms with Crippen molar-refractivity contribution in [2.75, 3.05) is 18.9 Å². The molecular weight excluding hydrogens is 374 g/mol. The van der Waals surface area contributed by atoms with E-state index in [2.05, 4.69) is 22.1 Å². The number of carbonyl (C=O) groups excluding carboxylic acids is 1. The van der Waals surface area contributed by atoms with Gasteiger partial charge in [0.05, 0.1) is 17.9 Å². The zero-order valence-corrected chi connectivity index (χ0v) is 17.3. The second kappa shape index (κ2) is 7.95. The van der Waals surface area contributed by atoms with Crippen LogP contribution >= 0.6 is 11.8 Å². The Hall–Kier alpha value is -2.35. The molecule has 1 saturated heterocycles.